The average Bonchev–Trinajstić information content (AvgIpc) is 2.88. The maximum atomic E-state index is 13.1. The Morgan fingerprint density at radius 2 is 1.66 bits per heavy atom. The van der Waals surface area contributed by atoms with Crippen LogP contribution >= 0.6 is 0 Å². The lowest BCUT2D eigenvalue weighted by molar-refractivity contribution is -0.362. The summed E-state index contributed by atoms with van der Waals surface area (Å²) in [7, 11) is -2.81. The van der Waals surface area contributed by atoms with E-state index < -0.39 is 25.4 Å². The molecular formula is C32H40O5Si. The first-order valence-electron chi connectivity index (χ1n) is 13.9. The molecule has 2 aromatic carbocycles. The molecule has 5 atom stereocenters. The van der Waals surface area contributed by atoms with Gasteiger partial charge in [0.15, 0.2) is 0 Å². The van der Waals surface area contributed by atoms with Gasteiger partial charge in [-0.3, -0.25) is 9.59 Å². The summed E-state index contributed by atoms with van der Waals surface area (Å²) in [4.78, 5) is 26.1. The molecule has 38 heavy (non-hydrogen) atoms. The van der Waals surface area contributed by atoms with E-state index in [1.807, 2.05) is 32.1 Å². The molecule has 6 rings (SSSR count). The average molecular weight is 533 g/mol. The molecule has 0 amide bonds. The van der Waals surface area contributed by atoms with Gasteiger partial charge >= 0.3 is 5.97 Å². The zero-order valence-corrected chi connectivity index (χ0v) is 24.2. The molecule has 1 aliphatic carbocycles. The molecule has 5 nitrogen and oxygen atoms in total. The second-order valence-electron chi connectivity index (χ2n) is 12.3. The van der Waals surface area contributed by atoms with Gasteiger partial charge in [-0.1, -0.05) is 93.6 Å². The minimum atomic E-state index is -2.81. The van der Waals surface area contributed by atoms with Crippen LogP contribution in [0.3, 0.4) is 0 Å². The topological polar surface area (TPSA) is 61.8 Å². The molecule has 1 saturated carbocycles. The molecule has 5 unspecified atom stereocenters. The second-order valence-corrected chi connectivity index (χ2v) is 16.6. The molecule has 0 aromatic heterocycles. The van der Waals surface area contributed by atoms with Gasteiger partial charge in [0.25, 0.3) is 8.32 Å². The minimum absolute atomic E-state index is 0.147. The molecule has 0 radical (unpaired) electrons. The Morgan fingerprint density at radius 1 is 1.05 bits per heavy atom. The Bertz CT molecular complexity index is 1160. The molecule has 3 aliphatic heterocycles. The van der Waals surface area contributed by atoms with Gasteiger partial charge in [0.1, 0.15) is 5.78 Å². The van der Waals surface area contributed by atoms with Crippen molar-refractivity contribution in [2.75, 3.05) is 0 Å². The standard InChI is InChI=1S/C32H40O5Si/c1-6-14-23(21-27-26-22-31(5)28(33)19-13-20-32(31,35-27)36-29(26)34)37-38(30(2,3)4,24-15-9-7-10-16-24)25-17-11-8-12-18-25/h6-12,14-18,23,26-27H,13,19-22H2,1-5H3/b14-6+. The zero-order valence-electron chi connectivity index (χ0n) is 23.2. The number of rotatable bonds is 7. The van der Waals surface area contributed by atoms with Crippen LogP contribution in [0.15, 0.2) is 72.8 Å². The number of hydrogen-bond acceptors (Lipinski definition) is 5. The van der Waals surface area contributed by atoms with Crippen molar-refractivity contribution in [2.45, 2.75) is 89.8 Å². The number of allylic oxidation sites excluding steroid dienone is 1. The van der Waals surface area contributed by atoms with Crippen LogP contribution < -0.4 is 10.4 Å². The highest BCUT2D eigenvalue weighted by Gasteiger charge is 2.69. The number of esters is 1. The molecule has 4 fully saturated rings. The Kier molecular flexibility index (Phi) is 7.04. The van der Waals surface area contributed by atoms with Crippen molar-refractivity contribution in [2.24, 2.45) is 11.3 Å². The van der Waals surface area contributed by atoms with Crippen molar-refractivity contribution in [1.82, 2.24) is 0 Å². The molecule has 6 heteroatoms. The third kappa shape index (κ3) is 4.21. The van der Waals surface area contributed by atoms with Gasteiger partial charge in [0.2, 0.25) is 5.79 Å². The number of benzene rings is 2. The number of fused-ring (bicyclic) bond motifs is 2. The number of hydrogen-bond donors (Lipinski definition) is 0. The summed E-state index contributed by atoms with van der Waals surface area (Å²) in [5.41, 5.74) is -0.769. The first-order chi connectivity index (χ1) is 18.1. The van der Waals surface area contributed by atoms with Crippen LogP contribution in [0.1, 0.15) is 66.7 Å². The van der Waals surface area contributed by atoms with Crippen molar-refractivity contribution < 1.29 is 23.5 Å². The fraction of sp³-hybridized carbons (Fsp3) is 0.500. The highest BCUT2D eigenvalue weighted by Crippen LogP contribution is 2.58. The molecule has 3 heterocycles. The SMILES string of the molecule is C/C=C/C(CC1OC23CCCC(=O)C2(C)CC1C(=O)O3)O[Si](c1ccccc1)(c1ccccc1)C(C)(C)C. The maximum absolute atomic E-state index is 13.1. The molecule has 2 aromatic rings. The third-order valence-corrected chi connectivity index (χ3v) is 14.0. The Morgan fingerprint density at radius 3 is 2.21 bits per heavy atom. The van der Waals surface area contributed by atoms with Gasteiger partial charge < -0.3 is 13.9 Å². The molecule has 2 bridgehead atoms. The molecular weight excluding hydrogens is 492 g/mol. The number of carbonyl (C=O) groups is 2. The van der Waals surface area contributed by atoms with Crippen molar-refractivity contribution in [3.63, 3.8) is 0 Å². The molecule has 0 N–H and O–H groups in total. The minimum Gasteiger partial charge on any atom is -0.432 e. The van der Waals surface area contributed by atoms with Gasteiger partial charge in [-0.05, 0) is 42.1 Å². The van der Waals surface area contributed by atoms with E-state index in [2.05, 4.69) is 75.4 Å². The van der Waals surface area contributed by atoms with Crippen LogP contribution in [0, 0.1) is 11.3 Å². The Labute approximate surface area is 227 Å². The highest BCUT2D eigenvalue weighted by atomic mass is 28.4. The monoisotopic (exact) mass is 532 g/mol. The molecule has 202 valence electrons. The quantitative estimate of drug-likeness (QED) is 0.275. The second kappa shape index (κ2) is 9.89. The van der Waals surface area contributed by atoms with Gasteiger partial charge in [-0.15, -0.1) is 0 Å². The first kappa shape index (κ1) is 27.0. The summed E-state index contributed by atoms with van der Waals surface area (Å²) >= 11 is 0. The predicted molar refractivity (Wildman–Crippen MR) is 151 cm³/mol. The number of Topliss-reactive ketones (excluding diaryl/α,β-unsaturated/α-hetero) is 1. The van der Waals surface area contributed by atoms with Gasteiger partial charge in [0, 0.05) is 19.3 Å². The summed E-state index contributed by atoms with van der Waals surface area (Å²) in [6.45, 7) is 10.7. The third-order valence-electron chi connectivity index (χ3n) is 8.97. The summed E-state index contributed by atoms with van der Waals surface area (Å²) in [5, 5.41) is 2.25. The normalized spacial score (nSPS) is 30.2. The summed E-state index contributed by atoms with van der Waals surface area (Å²) in [6, 6.07) is 21.2. The first-order valence-corrected chi connectivity index (χ1v) is 15.8. The van der Waals surface area contributed by atoms with E-state index in [0.717, 1.165) is 0 Å². The van der Waals surface area contributed by atoms with Gasteiger partial charge in [-0.25, -0.2) is 0 Å². The van der Waals surface area contributed by atoms with Crippen LogP contribution in [-0.2, 0) is 23.5 Å². The summed E-state index contributed by atoms with van der Waals surface area (Å²) in [6.07, 6.45) is 6.25. The largest absolute Gasteiger partial charge is 0.432 e. The van der Waals surface area contributed by atoms with Crippen LogP contribution in [-0.4, -0.2) is 38.1 Å². The van der Waals surface area contributed by atoms with E-state index in [1.54, 1.807) is 0 Å². The molecule has 3 saturated heterocycles. The van der Waals surface area contributed by atoms with E-state index in [-0.39, 0.29) is 29.0 Å². The van der Waals surface area contributed by atoms with Gasteiger partial charge in [-0.2, -0.15) is 0 Å². The summed E-state index contributed by atoms with van der Waals surface area (Å²) < 4.78 is 19.9. The lowest BCUT2D eigenvalue weighted by atomic mass is 9.60. The lowest BCUT2D eigenvalue weighted by Gasteiger charge is -2.60. The van der Waals surface area contributed by atoms with Crippen LogP contribution in [0.25, 0.3) is 0 Å². The smallest absolute Gasteiger partial charge is 0.314 e. The number of ether oxygens (including phenoxy) is 2. The van der Waals surface area contributed by atoms with E-state index >= 15 is 0 Å². The van der Waals surface area contributed by atoms with Crippen molar-refractivity contribution >= 4 is 30.4 Å². The Balaban J connectivity index is 1.53. The van der Waals surface area contributed by atoms with Crippen molar-refractivity contribution in [3.05, 3.63) is 72.8 Å². The maximum Gasteiger partial charge on any atom is 0.314 e. The van der Waals surface area contributed by atoms with Crippen molar-refractivity contribution in [1.29, 1.82) is 0 Å². The van der Waals surface area contributed by atoms with Crippen molar-refractivity contribution in [3.8, 4) is 0 Å². The number of carbonyl (C=O) groups excluding carboxylic acids is 2. The fourth-order valence-corrected chi connectivity index (χ4v) is 11.6. The zero-order chi connectivity index (χ0) is 27.2. The highest BCUT2D eigenvalue weighted by molar-refractivity contribution is 6.99. The number of ketones is 1. The van der Waals surface area contributed by atoms with E-state index in [0.29, 0.717) is 32.1 Å². The van der Waals surface area contributed by atoms with E-state index in [4.69, 9.17) is 13.9 Å². The Hall–Kier alpha value is -2.54. The predicted octanol–water partition coefficient (Wildman–Crippen LogP) is 5.32. The molecule has 4 aliphatic rings. The fourth-order valence-electron chi connectivity index (χ4n) is 7.00. The van der Waals surface area contributed by atoms with Crippen LogP contribution in [0.5, 0.6) is 0 Å². The van der Waals surface area contributed by atoms with E-state index in [9.17, 15) is 9.59 Å². The van der Waals surface area contributed by atoms with Crippen LogP contribution in [0.2, 0.25) is 5.04 Å². The van der Waals surface area contributed by atoms with Gasteiger partial charge in [0.05, 0.1) is 23.5 Å². The molecule has 1 spiro atoms. The van der Waals surface area contributed by atoms with E-state index in [1.165, 1.54) is 10.4 Å². The van der Waals surface area contributed by atoms with Crippen LogP contribution in [0.4, 0.5) is 0 Å². The summed E-state index contributed by atoms with van der Waals surface area (Å²) in [5.74, 6) is -1.72. The lowest BCUT2D eigenvalue weighted by Crippen LogP contribution is -2.70.